The SMILES string of the molecule is O=C(CNC(=O)c1cccnc1Sc1ccc(Br)cc1)OCc1ccccc1. The van der Waals surface area contributed by atoms with Gasteiger partial charge in [0, 0.05) is 15.6 Å². The summed E-state index contributed by atoms with van der Waals surface area (Å²) in [7, 11) is 0. The first kappa shape index (κ1) is 20.1. The highest BCUT2D eigenvalue weighted by atomic mass is 79.9. The summed E-state index contributed by atoms with van der Waals surface area (Å²) in [5.41, 5.74) is 1.30. The smallest absolute Gasteiger partial charge is 0.325 e. The number of amides is 1. The van der Waals surface area contributed by atoms with Crippen LogP contribution in [0.25, 0.3) is 0 Å². The van der Waals surface area contributed by atoms with Crippen LogP contribution in [0.2, 0.25) is 0 Å². The molecule has 0 bridgehead atoms. The van der Waals surface area contributed by atoms with Gasteiger partial charge in [-0.1, -0.05) is 58.0 Å². The first-order chi connectivity index (χ1) is 13.6. The summed E-state index contributed by atoms with van der Waals surface area (Å²) in [4.78, 5) is 29.7. The van der Waals surface area contributed by atoms with Crippen molar-refractivity contribution in [2.45, 2.75) is 16.5 Å². The van der Waals surface area contributed by atoms with Crippen molar-refractivity contribution >= 4 is 39.6 Å². The summed E-state index contributed by atoms with van der Waals surface area (Å²) in [6.07, 6.45) is 1.63. The minimum Gasteiger partial charge on any atom is -0.460 e. The Kier molecular flexibility index (Phi) is 7.22. The number of aromatic nitrogens is 1. The van der Waals surface area contributed by atoms with E-state index in [2.05, 4.69) is 26.2 Å². The first-order valence-electron chi connectivity index (χ1n) is 8.48. The van der Waals surface area contributed by atoms with Gasteiger partial charge in [0.05, 0.1) is 5.56 Å². The molecule has 0 aliphatic heterocycles. The number of hydrogen-bond donors (Lipinski definition) is 1. The van der Waals surface area contributed by atoms with Gasteiger partial charge < -0.3 is 10.1 Å². The topological polar surface area (TPSA) is 68.3 Å². The van der Waals surface area contributed by atoms with Crippen LogP contribution in [-0.4, -0.2) is 23.4 Å². The van der Waals surface area contributed by atoms with E-state index in [1.807, 2.05) is 54.6 Å². The molecule has 0 radical (unpaired) electrons. The van der Waals surface area contributed by atoms with Gasteiger partial charge in [0.15, 0.2) is 0 Å². The molecule has 0 saturated carbocycles. The van der Waals surface area contributed by atoms with Crippen LogP contribution in [0.1, 0.15) is 15.9 Å². The molecular formula is C21H17BrN2O3S. The number of nitrogens with one attached hydrogen (secondary N) is 1. The number of hydrogen-bond acceptors (Lipinski definition) is 5. The van der Waals surface area contributed by atoms with Crippen LogP contribution in [0.4, 0.5) is 0 Å². The van der Waals surface area contributed by atoms with E-state index in [-0.39, 0.29) is 19.1 Å². The van der Waals surface area contributed by atoms with Crippen LogP contribution in [0, 0.1) is 0 Å². The molecule has 1 aromatic heterocycles. The highest BCUT2D eigenvalue weighted by Crippen LogP contribution is 2.29. The molecular weight excluding hydrogens is 440 g/mol. The molecule has 28 heavy (non-hydrogen) atoms. The Balaban J connectivity index is 1.56. The number of halogens is 1. The average molecular weight is 457 g/mol. The number of nitrogens with zero attached hydrogens (tertiary/aromatic N) is 1. The minimum atomic E-state index is -0.497. The van der Waals surface area contributed by atoms with E-state index in [9.17, 15) is 9.59 Å². The quantitative estimate of drug-likeness (QED) is 0.531. The fraction of sp³-hybridized carbons (Fsp3) is 0.0952. The molecule has 0 unspecified atom stereocenters. The van der Waals surface area contributed by atoms with E-state index in [1.54, 1.807) is 18.3 Å². The van der Waals surface area contributed by atoms with Gasteiger partial charge in [-0.2, -0.15) is 0 Å². The highest BCUT2D eigenvalue weighted by molar-refractivity contribution is 9.10. The molecule has 5 nitrogen and oxygen atoms in total. The maximum Gasteiger partial charge on any atom is 0.325 e. The zero-order chi connectivity index (χ0) is 19.8. The number of benzene rings is 2. The number of esters is 1. The fourth-order valence-electron chi connectivity index (χ4n) is 2.30. The third-order valence-electron chi connectivity index (χ3n) is 3.68. The summed E-state index contributed by atoms with van der Waals surface area (Å²) < 4.78 is 6.15. The zero-order valence-electron chi connectivity index (χ0n) is 14.8. The molecule has 3 aromatic rings. The van der Waals surface area contributed by atoms with E-state index in [4.69, 9.17) is 4.74 Å². The number of carbonyl (C=O) groups is 2. The molecule has 1 N–H and O–H groups in total. The maximum absolute atomic E-state index is 12.5. The Labute approximate surface area is 175 Å². The second-order valence-corrected chi connectivity index (χ2v) is 7.72. The third kappa shape index (κ3) is 5.94. The summed E-state index contributed by atoms with van der Waals surface area (Å²) >= 11 is 4.78. The monoisotopic (exact) mass is 456 g/mol. The molecule has 1 amide bonds. The molecule has 7 heteroatoms. The normalized spacial score (nSPS) is 10.3. The van der Waals surface area contributed by atoms with Crippen molar-refractivity contribution in [3.63, 3.8) is 0 Å². The molecule has 0 saturated heterocycles. The van der Waals surface area contributed by atoms with E-state index in [1.165, 1.54) is 11.8 Å². The molecule has 0 aliphatic rings. The van der Waals surface area contributed by atoms with Crippen LogP contribution < -0.4 is 5.32 Å². The van der Waals surface area contributed by atoms with Gasteiger partial charge in [-0.15, -0.1) is 0 Å². The molecule has 0 spiro atoms. The molecule has 1 heterocycles. The number of ether oxygens (including phenoxy) is 1. The van der Waals surface area contributed by atoms with Gasteiger partial charge in [-0.25, -0.2) is 4.98 Å². The minimum absolute atomic E-state index is 0.174. The average Bonchev–Trinajstić information content (AvgIpc) is 2.73. The summed E-state index contributed by atoms with van der Waals surface area (Å²) in [6, 6.07) is 20.5. The van der Waals surface area contributed by atoms with E-state index < -0.39 is 5.97 Å². The summed E-state index contributed by atoms with van der Waals surface area (Å²) in [5, 5.41) is 3.17. The Bertz CT molecular complexity index is 949. The Hall–Kier alpha value is -2.64. The lowest BCUT2D eigenvalue weighted by molar-refractivity contribution is -0.143. The fourth-order valence-corrected chi connectivity index (χ4v) is 3.44. The lowest BCUT2D eigenvalue weighted by Crippen LogP contribution is -2.31. The van der Waals surface area contributed by atoms with Crippen molar-refractivity contribution in [1.29, 1.82) is 0 Å². The number of pyridine rings is 1. The third-order valence-corrected chi connectivity index (χ3v) is 5.24. The predicted molar refractivity (Wildman–Crippen MR) is 111 cm³/mol. The standard InChI is InChI=1S/C21H17BrN2O3S/c22-16-8-10-17(11-9-16)28-21-18(7-4-12-23-21)20(26)24-13-19(25)27-14-15-5-2-1-3-6-15/h1-12H,13-14H2,(H,24,26). The lowest BCUT2D eigenvalue weighted by Gasteiger charge is -2.09. The maximum atomic E-state index is 12.5. The van der Waals surface area contributed by atoms with Crippen LogP contribution in [0.3, 0.4) is 0 Å². The van der Waals surface area contributed by atoms with Crippen molar-refractivity contribution in [2.24, 2.45) is 0 Å². The van der Waals surface area contributed by atoms with Gasteiger partial charge >= 0.3 is 5.97 Å². The Morgan fingerprint density at radius 2 is 1.75 bits per heavy atom. The second kappa shape index (κ2) is 10.1. The molecule has 2 aromatic carbocycles. The van der Waals surface area contributed by atoms with E-state index in [0.717, 1.165) is 14.9 Å². The van der Waals surface area contributed by atoms with Crippen molar-refractivity contribution in [3.05, 3.63) is 88.5 Å². The Morgan fingerprint density at radius 1 is 1.00 bits per heavy atom. The van der Waals surface area contributed by atoms with Crippen molar-refractivity contribution in [1.82, 2.24) is 10.3 Å². The summed E-state index contributed by atoms with van der Waals surface area (Å²) in [6.45, 7) is -0.0317. The Morgan fingerprint density at radius 3 is 2.50 bits per heavy atom. The molecule has 0 atom stereocenters. The van der Waals surface area contributed by atoms with E-state index >= 15 is 0 Å². The van der Waals surface area contributed by atoms with Gasteiger partial charge in [-0.3, -0.25) is 9.59 Å². The second-order valence-electron chi connectivity index (χ2n) is 5.74. The largest absolute Gasteiger partial charge is 0.460 e. The zero-order valence-corrected chi connectivity index (χ0v) is 17.2. The molecule has 0 fully saturated rings. The van der Waals surface area contributed by atoms with Gasteiger partial charge in [0.2, 0.25) is 0 Å². The van der Waals surface area contributed by atoms with Crippen molar-refractivity contribution < 1.29 is 14.3 Å². The first-order valence-corrected chi connectivity index (χ1v) is 10.1. The van der Waals surface area contributed by atoms with Crippen LogP contribution in [-0.2, 0) is 16.1 Å². The van der Waals surface area contributed by atoms with Crippen LogP contribution in [0.5, 0.6) is 0 Å². The van der Waals surface area contributed by atoms with Gasteiger partial charge in [0.25, 0.3) is 5.91 Å². The number of rotatable bonds is 7. The van der Waals surface area contributed by atoms with E-state index in [0.29, 0.717) is 10.6 Å². The number of carbonyl (C=O) groups excluding carboxylic acids is 2. The van der Waals surface area contributed by atoms with Gasteiger partial charge in [-0.05, 0) is 42.0 Å². The molecule has 0 aliphatic carbocycles. The van der Waals surface area contributed by atoms with Crippen LogP contribution >= 0.6 is 27.7 Å². The predicted octanol–water partition coefficient (Wildman–Crippen LogP) is 4.47. The van der Waals surface area contributed by atoms with Crippen LogP contribution in [0.15, 0.2) is 87.3 Å². The molecule has 3 rings (SSSR count). The summed E-state index contributed by atoms with van der Waals surface area (Å²) in [5.74, 6) is -0.868. The lowest BCUT2D eigenvalue weighted by atomic mass is 10.2. The van der Waals surface area contributed by atoms with Crippen molar-refractivity contribution in [3.8, 4) is 0 Å². The molecule has 142 valence electrons. The van der Waals surface area contributed by atoms with Crippen molar-refractivity contribution in [2.75, 3.05) is 6.54 Å². The van der Waals surface area contributed by atoms with Gasteiger partial charge in [0.1, 0.15) is 18.2 Å². The highest BCUT2D eigenvalue weighted by Gasteiger charge is 2.15.